The van der Waals surface area contributed by atoms with E-state index in [1.807, 2.05) is 28.4 Å². The van der Waals surface area contributed by atoms with Gasteiger partial charge in [-0.2, -0.15) is 13.2 Å². The molecule has 0 saturated carbocycles. The van der Waals surface area contributed by atoms with Gasteiger partial charge >= 0.3 is 12.1 Å². The zero-order chi connectivity index (χ0) is 22.5. The van der Waals surface area contributed by atoms with Crippen molar-refractivity contribution in [1.82, 2.24) is 14.8 Å². The molecule has 4 heterocycles. The molecule has 2 aromatic rings. The molecule has 4 rings (SSSR count). The van der Waals surface area contributed by atoms with Crippen LogP contribution >= 0.6 is 11.3 Å². The molecule has 10 heteroatoms. The summed E-state index contributed by atoms with van der Waals surface area (Å²) in [5.74, 6) is -2.62. The van der Waals surface area contributed by atoms with Gasteiger partial charge in [-0.1, -0.05) is 6.07 Å². The first-order chi connectivity index (χ1) is 14.7. The largest absolute Gasteiger partial charge is 0.490 e. The fourth-order valence-electron chi connectivity index (χ4n) is 4.00. The lowest BCUT2D eigenvalue weighted by atomic mass is 9.78. The second kappa shape index (κ2) is 9.78. The van der Waals surface area contributed by atoms with Gasteiger partial charge in [-0.05, 0) is 61.3 Å². The number of aromatic nitrogens is 1. The molecule has 2 aromatic heterocycles. The van der Waals surface area contributed by atoms with E-state index in [9.17, 15) is 18.0 Å². The number of amides is 1. The first kappa shape index (κ1) is 23.2. The monoisotopic (exact) mass is 455 g/mol. The summed E-state index contributed by atoms with van der Waals surface area (Å²) in [7, 11) is 0. The average molecular weight is 456 g/mol. The van der Waals surface area contributed by atoms with E-state index in [2.05, 4.69) is 27.4 Å². The number of pyridine rings is 1. The third kappa shape index (κ3) is 6.27. The Balaban J connectivity index is 0.000000339. The predicted octanol–water partition coefficient (Wildman–Crippen LogP) is 3.90. The van der Waals surface area contributed by atoms with Gasteiger partial charge in [0.25, 0.3) is 5.91 Å². The van der Waals surface area contributed by atoms with Crippen LogP contribution in [0.15, 0.2) is 42.0 Å². The van der Waals surface area contributed by atoms with Crippen LogP contribution in [-0.4, -0.2) is 64.1 Å². The number of carbonyl (C=O) groups is 2. The molecule has 0 aromatic carbocycles. The van der Waals surface area contributed by atoms with Crippen molar-refractivity contribution in [3.05, 3.63) is 52.5 Å². The number of hydrogen-bond acceptors (Lipinski definition) is 5. The highest BCUT2D eigenvalue weighted by Crippen LogP contribution is 2.41. The number of likely N-dealkylation sites (tertiary alicyclic amines) is 2. The molecule has 1 spiro atoms. The molecular formula is C21H24F3N3O3S. The highest BCUT2D eigenvalue weighted by molar-refractivity contribution is 7.09. The summed E-state index contributed by atoms with van der Waals surface area (Å²) in [4.78, 5) is 31.6. The van der Waals surface area contributed by atoms with Gasteiger partial charge in [-0.15, -0.1) is 11.3 Å². The second-order valence-electron chi connectivity index (χ2n) is 7.88. The van der Waals surface area contributed by atoms with E-state index in [4.69, 9.17) is 9.90 Å². The van der Waals surface area contributed by atoms with Gasteiger partial charge in [0.2, 0.25) is 0 Å². The number of carboxylic acids is 1. The Labute approximate surface area is 182 Å². The van der Waals surface area contributed by atoms with Crippen molar-refractivity contribution in [1.29, 1.82) is 0 Å². The number of rotatable bonds is 3. The van der Waals surface area contributed by atoms with E-state index in [0.717, 1.165) is 39.1 Å². The van der Waals surface area contributed by atoms with E-state index < -0.39 is 12.1 Å². The zero-order valence-electron chi connectivity index (χ0n) is 16.8. The van der Waals surface area contributed by atoms with Gasteiger partial charge in [0.05, 0.1) is 5.56 Å². The Morgan fingerprint density at radius 3 is 2.35 bits per heavy atom. The van der Waals surface area contributed by atoms with Crippen LogP contribution in [-0.2, 0) is 11.3 Å². The van der Waals surface area contributed by atoms with E-state index in [1.165, 1.54) is 17.7 Å². The standard InChI is InChI=1S/C19H23N3OS.C2HF3O2/c23-18(16-3-1-8-20-13-16)22-11-7-19(15-22)5-9-21(10-6-19)14-17-4-2-12-24-17;3-2(4,5)1(6)7/h1-4,8,12-13H,5-7,9-11,14-15H2;(H,6,7). The van der Waals surface area contributed by atoms with Crippen LogP contribution in [0.5, 0.6) is 0 Å². The highest BCUT2D eigenvalue weighted by atomic mass is 32.1. The lowest BCUT2D eigenvalue weighted by Crippen LogP contribution is -2.41. The molecule has 2 saturated heterocycles. The molecule has 0 aliphatic carbocycles. The highest BCUT2D eigenvalue weighted by Gasteiger charge is 2.42. The number of piperidine rings is 1. The first-order valence-corrected chi connectivity index (χ1v) is 10.8. The summed E-state index contributed by atoms with van der Waals surface area (Å²) in [6.45, 7) is 5.16. The minimum absolute atomic E-state index is 0.140. The summed E-state index contributed by atoms with van der Waals surface area (Å²) in [6, 6.07) is 8.05. The summed E-state index contributed by atoms with van der Waals surface area (Å²) >= 11 is 1.84. The number of halogens is 3. The molecule has 168 valence electrons. The topological polar surface area (TPSA) is 73.7 Å². The number of alkyl halides is 3. The van der Waals surface area contributed by atoms with Crippen molar-refractivity contribution in [3.8, 4) is 0 Å². The average Bonchev–Trinajstić information content (AvgIpc) is 3.40. The Morgan fingerprint density at radius 2 is 1.81 bits per heavy atom. The van der Waals surface area contributed by atoms with Gasteiger partial charge in [-0.3, -0.25) is 14.7 Å². The molecule has 0 unspecified atom stereocenters. The number of thiophene rings is 1. The number of carbonyl (C=O) groups excluding carboxylic acids is 1. The van der Waals surface area contributed by atoms with Gasteiger partial charge in [0, 0.05) is 36.9 Å². The van der Waals surface area contributed by atoms with Gasteiger partial charge in [0.15, 0.2) is 0 Å². The van der Waals surface area contributed by atoms with Gasteiger partial charge < -0.3 is 10.0 Å². The Morgan fingerprint density at radius 1 is 1.13 bits per heavy atom. The number of aliphatic carboxylic acids is 1. The minimum Gasteiger partial charge on any atom is -0.475 e. The summed E-state index contributed by atoms with van der Waals surface area (Å²) in [6.07, 6.45) is 1.86. The molecular weight excluding hydrogens is 431 g/mol. The molecule has 2 aliphatic rings. The fourth-order valence-corrected chi connectivity index (χ4v) is 4.74. The third-order valence-electron chi connectivity index (χ3n) is 5.75. The molecule has 0 bridgehead atoms. The van der Waals surface area contributed by atoms with Crippen LogP contribution in [0.1, 0.15) is 34.5 Å². The predicted molar refractivity (Wildman–Crippen MR) is 110 cm³/mol. The van der Waals surface area contributed by atoms with Gasteiger partial charge in [-0.25, -0.2) is 4.79 Å². The van der Waals surface area contributed by atoms with Crippen molar-refractivity contribution in [2.75, 3.05) is 26.2 Å². The van der Waals surface area contributed by atoms with Crippen molar-refractivity contribution >= 4 is 23.2 Å². The molecule has 0 atom stereocenters. The van der Waals surface area contributed by atoms with Crippen molar-refractivity contribution < 1.29 is 27.9 Å². The molecule has 2 aliphatic heterocycles. The fraction of sp³-hybridized carbons (Fsp3) is 0.476. The molecule has 1 N–H and O–H groups in total. The first-order valence-electron chi connectivity index (χ1n) is 9.93. The van der Waals surface area contributed by atoms with E-state index in [0.29, 0.717) is 11.0 Å². The lowest BCUT2D eigenvalue weighted by molar-refractivity contribution is -0.192. The van der Waals surface area contributed by atoms with Gasteiger partial charge in [0.1, 0.15) is 0 Å². The number of hydrogen-bond donors (Lipinski definition) is 1. The van der Waals surface area contributed by atoms with Crippen LogP contribution < -0.4 is 0 Å². The zero-order valence-corrected chi connectivity index (χ0v) is 17.7. The Hall–Kier alpha value is -2.46. The maximum absolute atomic E-state index is 12.6. The molecule has 1 amide bonds. The maximum Gasteiger partial charge on any atom is 0.490 e. The summed E-state index contributed by atoms with van der Waals surface area (Å²) < 4.78 is 31.7. The van der Waals surface area contributed by atoms with E-state index >= 15 is 0 Å². The SMILES string of the molecule is O=C(O)C(F)(F)F.O=C(c1cccnc1)N1CCC2(CCN(Cc3cccs3)CC2)C1. The van der Waals surface area contributed by atoms with Crippen LogP contribution in [0.4, 0.5) is 13.2 Å². The molecule has 2 fully saturated rings. The maximum atomic E-state index is 12.6. The quantitative estimate of drug-likeness (QED) is 0.760. The van der Waals surface area contributed by atoms with Crippen molar-refractivity contribution in [3.63, 3.8) is 0 Å². The third-order valence-corrected chi connectivity index (χ3v) is 6.61. The minimum atomic E-state index is -5.08. The molecule has 0 radical (unpaired) electrons. The summed E-state index contributed by atoms with van der Waals surface area (Å²) in [5, 5.41) is 9.28. The normalized spacial score (nSPS) is 18.5. The van der Waals surface area contributed by atoms with Crippen LogP contribution in [0.2, 0.25) is 0 Å². The Bertz CT molecular complexity index is 867. The summed E-state index contributed by atoms with van der Waals surface area (Å²) in [5.41, 5.74) is 1.05. The van der Waals surface area contributed by atoms with Crippen LogP contribution in [0, 0.1) is 5.41 Å². The smallest absolute Gasteiger partial charge is 0.475 e. The van der Waals surface area contributed by atoms with Crippen LogP contribution in [0.3, 0.4) is 0 Å². The lowest BCUT2D eigenvalue weighted by Gasteiger charge is -2.39. The van der Waals surface area contributed by atoms with Crippen LogP contribution in [0.25, 0.3) is 0 Å². The molecule has 6 nitrogen and oxygen atoms in total. The van der Waals surface area contributed by atoms with Crippen molar-refractivity contribution in [2.45, 2.75) is 32.0 Å². The Kier molecular flexibility index (Phi) is 7.32. The van der Waals surface area contributed by atoms with E-state index in [1.54, 1.807) is 12.4 Å². The second-order valence-corrected chi connectivity index (χ2v) is 8.91. The van der Waals surface area contributed by atoms with E-state index in [-0.39, 0.29) is 5.91 Å². The number of carboxylic acid groups (broad SMARTS) is 1. The number of nitrogens with zero attached hydrogens (tertiary/aromatic N) is 3. The van der Waals surface area contributed by atoms with Crippen molar-refractivity contribution in [2.24, 2.45) is 5.41 Å². The molecule has 31 heavy (non-hydrogen) atoms.